The van der Waals surface area contributed by atoms with Gasteiger partial charge in [-0.3, -0.25) is 0 Å². The van der Waals surface area contributed by atoms with E-state index in [0.717, 1.165) is 10.9 Å². The molecule has 0 bridgehead atoms. The Balaban J connectivity index is 2.69. The molecule has 74 valence electrons. The van der Waals surface area contributed by atoms with Crippen LogP contribution in [0.25, 0.3) is 16.6 Å². The third kappa shape index (κ3) is 1.01. The SMILES string of the molecule is Nc1nc2ccccc2c2nc(=O)[nH]n12. The molecule has 0 aliphatic heterocycles. The molecule has 2 aromatic heterocycles. The Kier molecular flexibility index (Phi) is 1.37. The number of nitrogens with zero attached hydrogens (tertiary/aromatic N) is 3. The zero-order valence-corrected chi connectivity index (χ0v) is 7.64. The number of rotatable bonds is 0. The van der Waals surface area contributed by atoms with Crippen molar-refractivity contribution in [2.45, 2.75) is 0 Å². The first-order valence-corrected chi connectivity index (χ1v) is 4.39. The van der Waals surface area contributed by atoms with Crippen LogP contribution in [0.2, 0.25) is 0 Å². The van der Waals surface area contributed by atoms with Gasteiger partial charge in [-0.05, 0) is 12.1 Å². The number of benzene rings is 1. The molecule has 1 aromatic carbocycles. The predicted octanol–water partition coefficient (Wildman–Crippen LogP) is 0.153. The summed E-state index contributed by atoms with van der Waals surface area (Å²) in [5, 5.41) is 3.28. The van der Waals surface area contributed by atoms with Crippen LogP contribution in [-0.4, -0.2) is 19.6 Å². The molecule has 0 aliphatic carbocycles. The fourth-order valence-corrected chi connectivity index (χ4v) is 1.60. The van der Waals surface area contributed by atoms with Crippen molar-refractivity contribution in [3.8, 4) is 0 Å². The minimum Gasteiger partial charge on any atom is -0.368 e. The maximum atomic E-state index is 11.1. The number of para-hydroxylation sites is 1. The van der Waals surface area contributed by atoms with Crippen molar-refractivity contribution in [2.24, 2.45) is 0 Å². The average Bonchev–Trinajstić information content (AvgIpc) is 2.61. The fraction of sp³-hybridized carbons (Fsp3) is 0. The predicted molar refractivity (Wildman–Crippen MR) is 55.5 cm³/mol. The van der Waals surface area contributed by atoms with Gasteiger partial charge in [0.1, 0.15) is 0 Å². The van der Waals surface area contributed by atoms with Crippen LogP contribution in [0.3, 0.4) is 0 Å². The quantitative estimate of drug-likeness (QED) is 0.542. The molecule has 3 rings (SSSR count). The molecule has 0 atom stereocenters. The molecular weight excluding hydrogens is 194 g/mol. The van der Waals surface area contributed by atoms with Gasteiger partial charge in [-0.1, -0.05) is 12.1 Å². The van der Waals surface area contributed by atoms with Gasteiger partial charge in [-0.2, -0.15) is 4.98 Å². The van der Waals surface area contributed by atoms with Crippen LogP contribution < -0.4 is 11.4 Å². The van der Waals surface area contributed by atoms with Crippen molar-refractivity contribution < 1.29 is 0 Å². The van der Waals surface area contributed by atoms with Crippen molar-refractivity contribution in [1.29, 1.82) is 0 Å². The van der Waals surface area contributed by atoms with E-state index in [1.807, 2.05) is 24.3 Å². The Hall–Kier alpha value is -2.37. The Morgan fingerprint density at radius 1 is 1.27 bits per heavy atom. The smallest absolute Gasteiger partial charge is 0.362 e. The highest BCUT2D eigenvalue weighted by atomic mass is 16.1. The number of hydrogen-bond acceptors (Lipinski definition) is 4. The van der Waals surface area contributed by atoms with Crippen LogP contribution in [-0.2, 0) is 0 Å². The molecule has 0 saturated heterocycles. The normalized spacial score (nSPS) is 11.2. The molecular formula is C9H7N5O. The van der Waals surface area contributed by atoms with E-state index in [9.17, 15) is 4.79 Å². The zero-order valence-electron chi connectivity index (χ0n) is 7.64. The molecule has 6 nitrogen and oxygen atoms in total. The summed E-state index contributed by atoms with van der Waals surface area (Å²) in [5.41, 5.74) is 6.47. The topological polar surface area (TPSA) is 89.1 Å². The summed E-state index contributed by atoms with van der Waals surface area (Å²) in [6, 6.07) is 7.39. The number of aromatic nitrogens is 4. The van der Waals surface area contributed by atoms with Gasteiger partial charge in [0.25, 0.3) is 0 Å². The number of fused-ring (bicyclic) bond motifs is 3. The first-order valence-electron chi connectivity index (χ1n) is 4.39. The summed E-state index contributed by atoms with van der Waals surface area (Å²) in [6.07, 6.45) is 0. The van der Waals surface area contributed by atoms with Gasteiger partial charge >= 0.3 is 5.69 Å². The van der Waals surface area contributed by atoms with Crippen molar-refractivity contribution in [3.63, 3.8) is 0 Å². The summed E-state index contributed by atoms with van der Waals surface area (Å²) < 4.78 is 1.38. The summed E-state index contributed by atoms with van der Waals surface area (Å²) in [6.45, 7) is 0. The second-order valence-corrected chi connectivity index (χ2v) is 3.17. The Labute approximate surface area is 83.4 Å². The first-order chi connectivity index (χ1) is 7.25. The lowest BCUT2D eigenvalue weighted by Gasteiger charge is -2.01. The molecule has 6 heteroatoms. The first kappa shape index (κ1) is 7.98. The van der Waals surface area contributed by atoms with E-state index in [0.29, 0.717) is 5.65 Å². The minimum atomic E-state index is -0.431. The number of H-pyrrole nitrogens is 1. The number of nitrogens with one attached hydrogen (secondary N) is 1. The lowest BCUT2D eigenvalue weighted by molar-refractivity contribution is 0.927. The molecule has 0 unspecified atom stereocenters. The second-order valence-electron chi connectivity index (χ2n) is 3.17. The van der Waals surface area contributed by atoms with Crippen LogP contribution in [0.4, 0.5) is 5.95 Å². The Morgan fingerprint density at radius 2 is 2.07 bits per heavy atom. The summed E-state index contributed by atoms with van der Waals surface area (Å²) in [4.78, 5) is 19.1. The molecule has 0 fully saturated rings. The maximum Gasteiger partial charge on any atom is 0.362 e. The number of anilines is 1. The molecule has 15 heavy (non-hydrogen) atoms. The van der Waals surface area contributed by atoms with Crippen LogP contribution >= 0.6 is 0 Å². The maximum absolute atomic E-state index is 11.1. The minimum absolute atomic E-state index is 0.221. The van der Waals surface area contributed by atoms with Gasteiger partial charge in [0, 0.05) is 5.39 Å². The number of hydrogen-bond donors (Lipinski definition) is 2. The molecule has 2 heterocycles. The van der Waals surface area contributed by atoms with Crippen LogP contribution in [0.1, 0.15) is 0 Å². The van der Waals surface area contributed by atoms with E-state index in [1.165, 1.54) is 4.52 Å². The largest absolute Gasteiger partial charge is 0.368 e. The Bertz CT molecular complexity index is 711. The van der Waals surface area contributed by atoms with Gasteiger partial charge < -0.3 is 5.73 Å². The molecule has 3 N–H and O–H groups in total. The van der Waals surface area contributed by atoms with E-state index in [-0.39, 0.29) is 5.95 Å². The number of nitrogen functional groups attached to an aromatic ring is 1. The summed E-state index contributed by atoms with van der Waals surface area (Å²) in [7, 11) is 0. The lowest BCUT2D eigenvalue weighted by atomic mass is 10.2. The highest BCUT2D eigenvalue weighted by Gasteiger charge is 2.07. The molecule has 0 radical (unpaired) electrons. The van der Waals surface area contributed by atoms with Crippen LogP contribution in [0.15, 0.2) is 29.1 Å². The van der Waals surface area contributed by atoms with E-state index in [1.54, 1.807) is 0 Å². The molecule has 0 spiro atoms. The number of aromatic amines is 1. The van der Waals surface area contributed by atoms with Crippen molar-refractivity contribution in [1.82, 2.24) is 19.6 Å². The van der Waals surface area contributed by atoms with E-state index >= 15 is 0 Å². The lowest BCUT2D eigenvalue weighted by Crippen LogP contribution is -2.05. The third-order valence-electron chi connectivity index (χ3n) is 2.24. The molecule has 0 amide bonds. The van der Waals surface area contributed by atoms with Crippen molar-refractivity contribution in [3.05, 3.63) is 34.7 Å². The van der Waals surface area contributed by atoms with Gasteiger partial charge in [0.05, 0.1) is 5.52 Å². The highest BCUT2D eigenvalue weighted by Crippen LogP contribution is 2.16. The van der Waals surface area contributed by atoms with Crippen LogP contribution in [0.5, 0.6) is 0 Å². The van der Waals surface area contributed by atoms with Gasteiger partial charge in [-0.25, -0.2) is 19.4 Å². The fourth-order valence-electron chi connectivity index (χ4n) is 1.60. The zero-order chi connectivity index (χ0) is 10.4. The van der Waals surface area contributed by atoms with Crippen LogP contribution in [0, 0.1) is 0 Å². The van der Waals surface area contributed by atoms with Crippen molar-refractivity contribution >= 4 is 22.5 Å². The van der Waals surface area contributed by atoms with E-state index in [4.69, 9.17) is 5.73 Å². The third-order valence-corrected chi connectivity index (χ3v) is 2.24. The van der Waals surface area contributed by atoms with Gasteiger partial charge in [0.15, 0.2) is 5.65 Å². The summed E-state index contributed by atoms with van der Waals surface area (Å²) >= 11 is 0. The van der Waals surface area contributed by atoms with E-state index in [2.05, 4.69) is 15.1 Å². The summed E-state index contributed by atoms with van der Waals surface area (Å²) in [5.74, 6) is 0.221. The monoisotopic (exact) mass is 201 g/mol. The highest BCUT2D eigenvalue weighted by molar-refractivity contribution is 5.91. The molecule has 0 saturated carbocycles. The van der Waals surface area contributed by atoms with Gasteiger partial charge in [0.2, 0.25) is 5.95 Å². The molecule has 0 aliphatic rings. The standard InChI is InChI=1S/C9H7N5O/c10-8-11-6-4-2-1-3-5(6)7-12-9(15)13-14(7)8/h1-4H,(H2,10,11)(H,13,15). The average molecular weight is 201 g/mol. The second kappa shape index (κ2) is 2.57. The van der Waals surface area contributed by atoms with Gasteiger partial charge in [-0.15, -0.1) is 0 Å². The van der Waals surface area contributed by atoms with Crippen molar-refractivity contribution in [2.75, 3.05) is 5.73 Å². The Morgan fingerprint density at radius 3 is 2.93 bits per heavy atom. The van der Waals surface area contributed by atoms with E-state index < -0.39 is 5.69 Å². The number of nitrogens with two attached hydrogens (primary N) is 1. The molecule has 3 aromatic rings.